The molecule has 10 N–H and O–H groups in total. The number of nitrogens with zero attached hydrogens (tertiary/aromatic N) is 6. The number of hydrogen-bond donors (Lipinski definition) is 7. The Labute approximate surface area is 392 Å². The van der Waals surface area contributed by atoms with Gasteiger partial charge >= 0.3 is 5.97 Å². The van der Waals surface area contributed by atoms with Crippen molar-refractivity contribution in [2.45, 2.75) is 172 Å². The van der Waals surface area contributed by atoms with Gasteiger partial charge in [-0.2, -0.15) is 0 Å². The number of nitrogens with one attached hydrogen (secondary N) is 3. The SMILES string of the molecule is CC[C@H](C)[C@H](NC(=O)[C@@H]1CCCN1C(=O)[C@@H]1CCCN1C(=O)[C@@H]1CCCN1C(=O)[C@@H]1CCCN1C(=O)[C@@H]1CCCN1C(=O)[C@@H](NC(=O)[C@@H](N)CCCN=C(N)N)C(C)C)C(=O)N[C@@H](C)C(=O)O. The van der Waals surface area contributed by atoms with Crippen LogP contribution in [0.5, 0.6) is 0 Å². The minimum atomic E-state index is -1.22. The van der Waals surface area contributed by atoms with Gasteiger partial charge in [0.15, 0.2) is 5.96 Å². The normalized spacial score (nSPS) is 25.1. The van der Waals surface area contributed by atoms with E-state index in [1.54, 1.807) is 20.8 Å². The molecule has 10 atom stereocenters. The summed E-state index contributed by atoms with van der Waals surface area (Å²) < 4.78 is 0. The van der Waals surface area contributed by atoms with Gasteiger partial charge in [-0.25, -0.2) is 0 Å². The molecular weight excluding hydrogens is 869 g/mol. The van der Waals surface area contributed by atoms with Crippen LogP contribution in [0.25, 0.3) is 0 Å². The topological polar surface area (TPSA) is 317 Å². The van der Waals surface area contributed by atoms with Crippen LogP contribution >= 0.6 is 0 Å². The molecule has 0 radical (unpaired) electrons. The number of likely N-dealkylation sites (tertiary alicyclic amines) is 5. The Morgan fingerprint density at radius 1 is 0.597 bits per heavy atom. The van der Waals surface area contributed by atoms with E-state index in [4.69, 9.17) is 17.2 Å². The van der Waals surface area contributed by atoms with Crippen LogP contribution in [0.2, 0.25) is 0 Å². The van der Waals surface area contributed by atoms with Gasteiger partial charge in [-0.3, -0.25) is 48.1 Å². The Hall–Kier alpha value is -5.54. The Morgan fingerprint density at radius 2 is 1.01 bits per heavy atom. The van der Waals surface area contributed by atoms with Gasteiger partial charge in [-0.05, 0) is 95.8 Å². The summed E-state index contributed by atoms with van der Waals surface area (Å²) in [6, 6.07) is -8.33. The second-order valence-electron chi connectivity index (χ2n) is 19.2. The molecule has 0 saturated carbocycles. The fourth-order valence-corrected chi connectivity index (χ4v) is 10.1. The lowest BCUT2D eigenvalue weighted by atomic mass is 9.97. The highest BCUT2D eigenvalue weighted by atomic mass is 16.4. The fourth-order valence-electron chi connectivity index (χ4n) is 10.1. The average Bonchev–Trinajstić information content (AvgIpc) is 4.16. The van der Waals surface area contributed by atoms with Crippen LogP contribution in [0.3, 0.4) is 0 Å². The summed E-state index contributed by atoms with van der Waals surface area (Å²) in [6.07, 6.45) is 5.88. The molecule has 0 aromatic heterocycles. The van der Waals surface area contributed by atoms with E-state index in [2.05, 4.69) is 20.9 Å². The lowest BCUT2D eigenvalue weighted by Gasteiger charge is -2.37. The van der Waals surface area contributed by atoms with Crippen molar-refractivity contribution in [1.82, 2.24) is 40.4 Å². The van der Waals surface area contributed by atoms with Gasteiger partial charge in [0.25, 0.3) is 0 Å². The average molecular weight is 943 g/mol. The fraction of sp³-hybridized carbons (Fsp3) is 0.778. The largest absolute Gasteiger partial charge is 0.480 e. The lowest BCUT2D eigenvalue weighted by molar-refractivity contribution is -0.154. The van der Waals surface area contributed by atoms with E-state index in [0.29, 0.717) is 116 Å². The van der Waals surface area contributed by atoms with Crippen molar-refractivity contribution in [3.8, 4) is 0 Å². The number of amides is 8. The van der Waals surface area contributed by atoms with E-state index in [-0.39, 0.29) is 48.0 Å². The molecule has 5 aliphatic rings. The molecule has 0 unspecified atom stereocenters. The predicted octanol–water partition coefficient (Wildman–Crippen LogP) is -1.42. The molecule has 5 saturated heterocycles. The highest BCUT2D eigenvalue weighted by Gasteiger charge is 2.49. The lowest BCUT2D eigenvalue weighted by Crippen LogP contribution is -2.60. The second-order valence-corrected chi connectivity index (χ2v) is 19.2. The molecule has 67 heavy (non-hydrogen) atoms. The maximum absolute atomic E-state index is 14.5. The number of carbonyl (C=O) groups excluding carboxylic acids is 8. The molecule has 22 nitrogen and oxygen atoms in total. The third-order valence-electron chi connectivity index (χ3n) is 14.2. The molecule has 5 rings (SSSR count). The van der Waals surface area contributed by atoms with Crippen molar-refractivity contribution < 1.29 is 48.3 Å². The van der Waals surface area contributed by atoms with Crippen LogP contribution < -0.4 is 33.2 Å². The predicted molar refractivity (Wildman–Crippen MR) is 245 cm³/mol. The van der Waals surface area contributed by atoms with Gasteiger partial charge < -0.3 is 62.8 Å². The number of guanidine groups is 1. The van der Waals surface area contributed by atoms with Crippen LogP contribution in [0.1, 0.15) is 118 Å². The zero-order valence-electron chi connectivity index (χ0n) is 39.8. The molecule has 5 fully saturated rings. The smallest absolute Gasteiger partial charge is 0.325 e. The third-order valence-corrected chi connectivity index (χ3v) is 14.2. The molecule has 374 valence electrons. The number of hydrogen-bond acceptors (Lipinski definition) is 11. The molecule has 0 bridgehead atoms. The van der Waals surface area contributed by atoms with Gasteiger partial charge in [0.05, 0.1) is 6.04 Å². The zero-order valence-corrected chi connectivity index (χ0v) is 39.8. The highest BCUT2D eigenvalue weighted by molar-refractivity contribution is 5.99. The summed E-state index contributed by atoms with van der Waals surface area (Å²) in [6.45, 7) is 10.3. The number of carboxylic acid groups (broad SMARTS) is 1. The van der Waals surface area contributed by atoms with E-state index in [1.165, 1.54) is 31.4 Å². The van der Waals surface area contributed by atoms with Crippen LogP contribution in [0, 0.1) is 11.8 Å². The number of carboxylic acids is 1. The molecule has 0 spiro atoms. The first kappa shape index (κ1) is 52.4. The summed E-state index contributed by atoms with van der Waals surface area (Å²) in [4.78, 5) is 135. The summed E-state index contributed by atoms with van der Waals surface area (Å²) in [5.74, 6) is -5.45. The maximum Gasteiger partial charge on any atom is 0.325 e. The van der Waals surface area contributed by atoms with Gasteiger partial charge in [-0.15, -0.1) is 0 Å². The van der Waals surface area contributed by atoms with Crippen molar-refractivity contribution >= 4 is 59.2 Å². The van der Waals surface area contributed by atoms with Crippen LogP contribution in [0.4, 0.5) is 0 Å². The van der Waals surface area contributed by atoms with Gasteiger partial charge in [-0.1, -0.05) is 34.1 Å². The van der Waals surface area contributed by atoms with Crippen molar-refractivity contribution in [3.63, 3.8) is 0 Å². The highest BCUT2D eigenvalue weighted by Crippen LogP contribution is 2.32. The van der Waals surface area contributed by atoms with Crippen LogP contribution in [-0.4, -0.2) is 182 Å². The summed E-state index contributed by atoms with van der Waals surface area (Å²) in [5, 5.41) is 17.3. The number of nitrogens with two attached hydrogens (primary N) is 3. The maximum atomic E-state index is 14.5. The van der Waals surface area contributed by atoms with E-state index in [1.807, 2.05) is 6.92 Å². The molecule has 5 aliphatic heterocycles. The monoisotopic (exact) mass is 943 g/mol. The van der Waals surface area contributed by atoms with E-state index in [9.17, 15) is 48.3 Å². The molecule has 22 heteroatoms. The number of aliphatic imine (C=N–C) groups is 1. The van der Waals surface area contributed by atoms with Crippen LogP contribution in [0.15, 0.2) is 4.99 Å². The van der Waals surface area contributed by atoms with E-state index in [0.717, 1.165) is 0 Å². The van der Waals surface area contributed by atoms with E-state index >= 15 is 0 Å². The number of carbonyl (C=O) groups is 9. The Morgan fingerprint density at radius 3 is 1.43 bits per heavy atom. The molecule has 0 aliphatic carbocycles. The Balaban J connectivity index is 1.23. The molecule has 8 amide bonds. The first-order chi connectivity index (χ1) is 31.8. The van der Waals surface area contributed by atoms with Gasteiger partial charge in [0.2, 0.25) is 47.3 Å². The summed E-state index contributed by atoms with van der Waals surface area (Å²) in [5.41, 5.74) is 16.9. The Bertz CT molecular complexity index is 1890. The van der Waals surface area contributed by atoms with Crippen molar-refractivity contribution in [2.75, 3.05) is 39.3 Å². The van der Waals surface area contributed by atoms with Crippen molar-refractivity contribution in [1.29, 1.82) is 0 Å². The molecule has 0 aromatic rings. The summed E-state index contributed by atoms with van der Waals surface area (Å²) >= 11 is 0. The molecule has 0 aromatic carbocycles. The van der Waals surface area contributed by atoms with Gasteiger partial charge in [0, 0.05) is 39.3 Å². The first-order valence-electron chi connectivity index (χ1n) is 24.3. The number of rotatable bonds is 19. The third kappa shape index (κ3) is 12.3. The second kappa shape index (κ2) is 23.5. The van der Waals surface area contributed by atoms with Gasteiger partial charge in [0.1, 0.15) is 48.3 Å². The van der Waals surface area contributed by atoms with Crippen molar-refractivity contribution in [3.05, 3.63) is 0 Å². The minimum Gasteiger partial charge on any atom is -0.480 e. The zero-order chi connectivity index (χ0) is 49.3. The molecular formula is C45H74N12O10. The quantitative estimate of drug-likeness (QED) is 0.0445. The standard InChI is InChI=1S/C45H74N12O10/c1-6-26(4)35(38(60)50-27(5)44(66)67)52-37(59)29-14-8-20-53(29)39(61)30-15-9-21-54(30)40(62)31-16-10-22-55(31)41(63)32-17-11-23-56(32)42(64)33-18-12-24-57(33)43(65)34(25(2)3)51-36(58)28(46)13-7-19-49-45(47)48/h25-35H,6-24,46H2,1-5H3,(H,50,60)(H,51,58)(H,52,59)(H,66,67)(H4,47,48,49)/t26-,27-,28-,29-,30-,31-,32-,33-,34-,35-/m0/s1. The summed E-state index contributed by atoms with van der Waals surface area (Å²) in [7, 11) is 0. The number of aliphatic carboxylic acids is 1. The van der Waals surface area contributed by atoms with Crippen molar-refractivity contribution in [2.24, 2.45) is 34.0 Å². The minimum absolute atomic E-state index is 0.0616. The first-order valence-corrected chi connectivity index (χ1v) is 24.3. The van der Waals surface area contributed by atoms with Crippen LogP contribution in [-0.2, 0) is 43.2 Å². The molecule has 5 heterocycles. The Kier molecular flexibility index (Phi) is 18.4. The van der Waals surface area contributed by atoms with E-state index < -0.39 is 84.0 Å².